The van der Waals surface area contributed by atoms with E-state index in [1.807, 2.05) is 24.3 Å². The fourth-order valence-electron chi connectivity index (χ4n) is 1.67. The van der Waals surface area contributed by atoms with Gasteiger partial charge in [0.05, 0.1) is 5.52 Å². The Hall–Kier alpha value is -1.12. The van der Waals surface area contributed by atoms with Crippen molar-refractivity contribution in [1.82, 2.24) is 9.88 Å². The van der Waals surface area contributed by atoms with Gasteiger partial charge in [-0.3, -0.25) is 0 Å². The predicted octanol–water partition coefficient (Wildman–Crippen LogP) is 2.95. The zero-order valence-corrected chi connectivity index (χ0v) is 9.62. The van der Waals surface area contributed by atoms with E-state index in [0.717, 1.165) is 12.1 Å². The first kappa shape index (κ1) is 10.4. The molecular weight excluding hydrogens is 208 g/mol. The molecule has 15 heavy (non-hydrogen) atoms. The van der Waals surface area contributed by atoms with E-state index in [1.54, 1.807) is 0 Å². The van der Waals surface area contributed by atoms with E-state index in [4.69, 9.17) is 11.6 Å². The Labute approximate surface area is 94.5 Å². The van der Waals surface area contributed by atoms with Gasteiger partial charge in [0.15, 0.2) is 0 Å². The van der Waals surface area contributed by atoms with Crippen LogP contribution in [0, 0.1) is 0 Å². The van der Waals surface area contributed by atoms with Gasteiger partial charge < -0.3 is 4.90 Å². The molecule has 0 unspecified atom stereocenters. The number of aromatic nitrogens is 1. The lowest BCUT2D eigenvalue weighted by Crippen LogP contribution is -2.10. The number of fused-ring (bicyclic) bond motifs is 1. The summed E-state index contributed by atoms with van der Waals surface area (Å²) in [6, 6.07) is 10.00. The Kier molecular flexibility index (Phi) is 2.89. The van der Waals surface area contributed by atoms with E-state index < -0.39 is 0 Å². The Bertz CT molecular complexity index is 480. The van der Waals surface area contributed by atoms with Crippen LogP contribution in [0.5, 0.6) is 0 Å². The fraction of sp³-hybridized carbons (Fsp3) is 0.250. The van der Waals surface area contributed by atoms with Crippen molar-refractivity contribution in [3.63, 3.8) is 0 Å². The minimum atomic E-state index is 0.546. The second-order valence-corrected chi connectivity index (χ2v) is 4.24. The lowest BCUT2D eigenvalue weighted by molar-refractivity contribution is 0.404. The van der Waals surface area contributed by atoms with E-state index in [1.165, 1.54) is 10.9 Å². The highest BCUT2D eigenvalue weighted by Crippen LogP contribution is 2.20. The minimum absolute atomic E-state index is 0.546. The number of halogens is 1. The van der Waals surface area contributed by atoms with Gasteiger partial charge in [-0.1, -0.05) is 23.7 Å². The van der Waals surface area contributed by atoms with Crippen LogP contribution in [0.15, 0.2) is 30.3 Å². The Morgan fingerprint density at radius 2 is 2.00 bits per heavy atom. The van der Waals surface area contributed by atoms with Crippen LogP contribution in [-0.2, 0) is 6.54 Å². The average molecular weight is 221 g/mol. The molecule has 0 aliphatic heterocycles. The summed E-state index contributed by atoms with van der Waals surface area (Å²) < 4.78 is 0. The first-order valence-corrected chi connectivity index (χ1v) is 5.23. The fourth-order valence-corrected chi connectivity index (χ4v) is 1.83. The summed E-state index contributed by atoms with van der Waals surface area (Å²) in [5.41, 5.74) is 2.24. The Balaban J connectivity index is 2.56. The molecule has 0 N–H and O–H groups in total. The first-order valence-electron chi connectivity index (χ1n) is 4.86. The molecule has 1 heterocycles. The van der Waals surface area contributed by atoms with Gasteiger partial charge in [-0.25, -0.2) is 4.98 Å². The van der Waals surface area contributed by atoms with E-state index in [9.17, 15) is 0 Å². The molecule has 0 saturated carbocycles. The molecule has 0 saturated heterocycles. The summed E-state index contributed by atoms with van der Waals surface area (Å²) in [6.07, 6.45) is 0. The van der Waals surface area contributed by atoms with Crippen LogP contribution in [0.25, 0.3) is 10.9 Å². The molecule has 78 valence electrons. The normalized spacial score (nSPS) is 11.2. The molecule has 2 rings (SSSR count). The number of rotatable bonds is 2. The smallest absolute Gasteiger partial charge is 0.129 e. The van der Waals surface area contributed by atoms with Crippen molar-refractivity contribution in [1.29, 1.82) is 0 Å². The number of hydrogen-bond acceptors (Lipinski definition) is 2. The lowest BCUT2D eigenvalue weighted by atomic mass is 10.1. The van der Waals surface area contributed by atoms with Crippen molar-refractivity contribution in [2.45, 2.75) is 6.54 Å². The summed E-state index contributed by atoms with van der Waals surface area (Å²) >= 11 is 5.86. The minimum Gasteiger partial charge on any atom is -0.305 e. The topological polar surface area (TPSA) is 16.1 Å². The van der Waals surface area contributed by atoms with Crippen molar-refractivity contribution in [3.05, 3.63) is 41.0 Å². The van der Waals surface area contributed by atoms with Crippen LogP contribution < -0.4 is 0 Å². The van der Waals surface area contributed by atoms with E-state index in [0.29, 0.717) is 5.15 Å². The van der Waals surface area contributed by atoms with Crippen LogP contribution in [0.3, 0.4) is 0 Å². The third-order valence-electron chi connectivity index (χ3n) is 2.27. The molecule has 0 fully saturated rings. The molecule has 1 aromatic heterocycles. The van der Waals surface area contributed by atoms with Crippen molar-refractivity contribution in [2.24, 2.45) is 0 Å². The average Bonchev–Trinajstić information content (AvgIpc) is 2.16. The molecule has 2 aromatic rings. The van der Waals surface area contributed by atoms with Gasteiger partial charge in [-0.2, -0.15) is 0 Å². The molecular formula is C12H13ClN2. The first-order chi connectivity index (χ1) is 7.16. The highest BCUT2D eigenvalue weighted by Gasteiger charge is 2.03. The monoisotopic (exact) mass is 220 g/mol. The Morgan fingerprint density at radius 3 is 2.73 bits per heavy atom. The molecule has 0 bridgehead atoms. The molecule has 0 spiro atoms. The van der Waals surface area contributed by atoms with Crippen LogP contribution in [0.1, 0.15) is 5.56 Å². The van der Waals surface area contributed by atoms with Crippen molar-refractivity contribution < 1.29 is 0 Å². The summed E-state index contributed by atoms with van der Waals surface area (Å²) in [6.45, 7) is 0.917. The maximum absolute atomic E-state index is 5.86. The molecule has 2 nitrogen and oxygen atoms in total. The summed E-state index contributed by atoms with van der Waals surface area (Å²) in [7, 11) is 4.12. The molecule has 3 heteroatoms. The zero-order valence-electron chi connectivity index (χ0n) is 8.87. The maximum Gasteiger partial charge on any atom is 0.129 e. The zero-order chi connectivity index (χ0) is 10.8. The SMILES string of the molecule is CN(C)Cc1cccc2nc(Cl)ccc12. The van der Waals surface area contributed by atoms with Gasteiger partial charge in [0.1, 0.15) is 5.15 Å². The quantitative estimate of drug-likeness (QED) is 0.724. The Morgan fingerprint density at radius 1 is 1.20 bits per heavy atom. The molecule has 0 atom stereocenters. The van der Waals surface area contributed by atoms with E-state index in [2.05, 4.69) is 30.0 Å². The van der Waals surface area contributed by atoms with Gasteiger partial charge in [-0.15, -0.1) is 0 Å². The number of pyridine rings is 1. The van der Waals surface area contributed by atoms with Crippen molar-refractivity contribution >= 4 is 22.5 Å². The molecule has 0 aliphatic carbocycles. The van der Waals surface area contributed by atoms with Crippen molar-refractivity contribution in [2.75, 3.05) is 14.1 Å². The van der Waals surface area contributed by atoms with Crippen LogP contribution in [0.4, 0.5) is 0 Å². The van der Waals surface area contributed by atoms with Crippen LogP contribution in [0.2, 0.25) is 5.15 Å². The van der Waals surface area contributed by atoms with Gasteiger partial charge in [0, 0.05) is 11.9 Å². The summed E-state index contributed by atoms with van der Waals surface area (Å²) in [4.78, 5) is 6.43. The van der Waals surface area contributed by atoms with Crippen molar-refractivity contribution in [3.8, 4) is 0 Å². The van der Waals surface area contributed by atoms with Crippen LogP contribution >= 0.6 is 11.6 Å². The number of benzene rings is 1. The summed E-state index contributed by atoms with van der Waals surface area (Å²) in [5.74, 6) is 0. The maximum atomic E-state index is 5.86. The van der Waals surface area contributed by atoms with Gasteiger partial charge in [-0.05, 0) is 37.9 Å². The predicted molar refractivity (Wildman–Crippen MR) is 64.1 cm³/mol. The molecule has 0 amide bonds. The number of hydrogen-bond donors (Lipinski definition) is 0. The second kappa shape index (κ2) is 4.17. The summed E-state index contributed by atoms with van der Waals surface area (Å²) in [5, 5.41) is 1.72. The van der Waals surface area contributed by atoms with E-state index in [-0.39, 0.29) is 0 Å². The number of nitrogens with zero attached hydrogens (tertiary/aromatic N) is 2. The van der Waals surface area contributed by atoms with Gasteiger partial charge in [0.2, 0.25) is 0 Å². The largest absolute Gasteiger partial charge is 0.305 e. The standard InChI is InChI=1S/C12H13ClN2/c1-15(2)8-9-4-3-5-11-10(9)6-7-12(13)14-11/h3-7H,8H2,1-2H3. The molecule has 1 aromatic carbocycles. The van der Waals surface area contributed by atoms with Crippen LogP contribution in [-0.4, -0.2) is 24.0 Å². The third kappa shape index (κ3) is 2.28. The highest BCUT2D eigenvalue weighted by atomic mass is 35.5. The third-order valence-corrected chi connectivity index (χ3v) is 2.49. The lowest BCUT2D eigenvalue weighted by Gasteiger charge is -2.11. The van der Waals surface area contributed by atoms with Gasteiger partial charge >= 0.3 is 0 Å². The van der Waals surface area contributed by atoms with E-state index >= 15 is 0 Å². The second-order valence-electron chi connectivity index (χ2n) is 3.86. The highest BCUT2D eigenvalue weighted by molar-refractivity contribution is 6.29. The molecule has 0 radical (unpaired) electrons. The van der Waals surface area contributed by atoms with Gasteiger partial charge in [0.25, 0.3) is 0 Å². The molecule has 0 aliphatic rings.